The van der Waals surface area contributed by atoms with Gasteiger partial charge in [-0.3, -0.25) is 0 Å². The Morgan fingerprint density at radius 3 is 2.92 bits per heavy atom. The number of rotatable bonds is 3. The van der Waals surface area contributed by atoms with Crippen molar-refractivity contribution in [3.8, 4) is 0 Å². The summed E-state index contributed by atoms with van der Waals surface area (Å²) >= 11 is 5.69. The van der Waals surface area contributed by atoms with Gasteiger partial charge in [-0.05, 0) is 18.6 Å². The van der Waals surface area contributed by atoms with Crippen LogP contribution in [-0.4, -0.2) is 6.54 Å². The molecule has 0 aliphatic rings. The summed E-state index contributed by atoms with van der Waals surface area (Å²) in [6.45, 7) is 2.85. The Bertz CT molecular complexity index is 263. The van der Waals surface area contributed by atoms with Gasteiger partial charge in [0, 0.05) is 6.54 Å². The fourth-order valence-electron chi connectivity index (χ4n) is 0.900. The van der Waals surface area contributed by atoms with E-state index in [0.717, 1.165) is 13.0 Å². The van der Waals surface area contributed by atoms with Crippen LogP contribution in [0.4, 0.5) is 10.1 Å². The summed E-state index contributed by atoms with van der Waals surface area (Å²) < 4.78 is 12.8. The quantitative estimate of drug-likeness (QED) is 0.766. The summed E-state index contributed by atoms with van der Waals surface area (Å²) in [4.78, 5) is 0. The van der Waals surface area contributed by atoms with Crippen molar-refractivity contribution in [2.24, 2.45) is 0 Å². The molecule has 66 valence electrons. The molecule has 1 rings (SSSR count). The number of benzene rings is 1. The van der Waals surface area contributed by atoms with E-state index >= 15 is 0 Å². The number of anilines is 1. The Balaban J connectivity index is 2.78. The van der Waals surface area contributed by atoms with Gasteiger partial charge in [0.1, 0.15) is 5.82 Å². The van der Waals surface area contributed by atoms with Crippen LogP contribution in [0.3, 0.4) is 0 Å². The highest BCUT2D eigenvalue weighted by molar-refractivity contribution is 6.33. The molecule has 0 aromatic heterocycles. The average Bonchev–Trinajstić information content (AvgIpc) is 2.08. The van der Waals surface area contributed by atoms with Crippen molar-refractivity contribution >= 4 is 17.3 Å². The van der Waals surface area contributed by atoms with Crippen molar-refractivity contribution < 1.29 is 4.39 Å². The minimum Gasteiger partial charge on any atom is -0.384 e. The van der Waals surface area contributed by atoms with Crippen LogP contribution in [0.25, 0.3) is 0 Å². The van der Waals surface area contributed by atoms with Crippen molar-refractivity contribution in [2.45, 2.75) is 13.3 Å². The molecule has 0 bridgehead atoms. The predicted molar refractivity (Wildman–Crippen MR) is 50.2 cm³/mol. The van der Waals surface area contributed by atoms with Crippen LogP contribution in [-0.2, 0) is 0 Å². The minimum atomic E-state index is -0.377. The van der Waals surface area contributed by atoms with Gasteiger partial charge >= 0.3 is 0 Å². The molecule has 0 aliphatic carbocycles. The highest BCUT2D eigenvalue weighted by Crippen LogP contribution is 2.24. The topological polar surface area (TPSA) is 12.0 Å². The van der Waals surface area contributed by atoms with Crippen LogP contribution in [0.5, 0.6) is 0 Å². The molecule has 0 saturated carbocycles. The second-order valence-electron chi connectivity index (χ2n) is 2.53. The Morgan fingerprint density at radius 2 is 2.25 bits per heavy atom. The molecule has 0 amide bonds. The van der Waals surface area contributed by atoms with E-state index in [1.54, 1.807) is 12.1 Å². The van der Waals surface area contributed by atoms with Crippen LogP contribution in [0.1, 0.15) is 13.3 Å². The fraction of sp³-hybridized carbons (Fsp3) is 0.333. The molecule has 1 N–H and O–H groups in total. The summed E-state index contributed by atoms with van der Waals surface area (Å²) in [6.07, 6.45) is 0.993. The first-order chi connectivity index (χ1) is 5.75. The van der Waals surface area contributed by atoms with Gasteiger partial charge in [0.2, 0.25) is 0 Å². The Labute approximate surface area is 76.5 Å². The van der Waals surface area contributed by atoms with E-state index in [9.17, 15) is 4.39 Å². The first-order valence-electron chi connectivity index (χ1n) is 3.93. The van der Waals surface area contributed by atoms with E-state index in [0.29, 0.717) is 5.69 Å². The van der Waals surface area contributed by atoms with E-state index in [1.165, 1.54) is 6.07 Å². The smallest absolute Gasteiger partial charge is 0.143 e. The highest BCUT2D eigenvalue weighted by Gasteiger charge is 2.03. The van der Waals surface area contributed by atoms with Gasteiger partial charge in [-0.2, -0.15) is 0 Å². The van der Waals surface area contributed by atoms with Gasteiger partial charge in [-0.15, -0.1) is 0 Å². The van der Waals surface area contributed by atoms with Crippen LogP contribution in [0.2, 0.25) is 5.02 Å². The second kappa shape index (κ2) is 4.31. The lowest BCUT2D eigenvalue weighted by Crippen LogP contribution is -2.00. The number of halogens is 2. The molecule has 0 aliphatic heterocycles. The van der Waals surface area contributed by atoms with E-state index in [1.807, 2.05) is 6.92 Å². The maximum atomic E-state index is 12.8. The van der Waals surface area contributed by atoms with Gasteiger partial charge in [0.05, 0.1) is 10.7 Å². The third kappa shape index (κ3) is 2.11. The van der Waals surface area contributed by atoms with Gasteiger partial charge < -0.3 is 5.32 Å². The van der Waals surface area contributed by atoms with Gasteiger partial charge in [0.15, 0.2) is 0 Å². The number of hydrogen-bond donors (Lipinski definition) is 1. The first-order valence-corrected chi connectivity index (χ1v) is 4.31. The molecule has 0 spiro atoms. The molecule has 0 fully saturated rings. The molecule has 0 unspecified atom stereocenters. The molecule has 0 radical (unpaired) electrons. The van der Waals surface area contributed by atoms with Crippen molar-refractivity contribution in [1.29, 1.82) is 0 Å². The van der Waals surface area contributed by atoms with E-state index in [4.69, 9.17) is 11.6 Å². The summed E-state index contributed by atoms with van der Waals surface area (Å²) in [5.74, 6) is -0.377. The average molecular weight is 188 g/mol. The van der Waals surface area contributed by atoms with Gasteiger partial charge in [-0.1, -0.05) is 24.6 Å². The van der Waals surface area contributed by atoms with Crippen molar-refractivity contribution in [3.05, 3.63) is 29.0 Å². The Morgan fingerprint density at radius 1 is 1.50 bits per heavy atom. The first kappa shape index (κ1) is 9.33. The molecule has 1 nitrogen and oxygen atoms in total. The molecule has 12 heavy (non-hydrogen) atoms. The monoisotopic (exact) mass is 187 g/mol. The molecule has 1 aromatic carbocycles. The SMILES string of the molecule is CCCNc1cccc(F)c1Cl. The van der Waals surface area contributed by atoms with Gasteiger partial charge in [0.25, 0.3) is 0 Å². The largest absolute Gasteiger partial charge is 0.384 e. The third-order valence-electron chi connectivity index (χ3n) is 1.52. The standard InChI is InChI=1S/C9H11ClFN/c1-2-6-12-8-5-3-4-7(11)9(8)10/h3-5,12H,2,6H2,1H3. The predicted octanol–water partition coefficient (Wildman–Crippen LogP) is 3.30. The van der Waals surface area contributed by atoms with Crippen LogP contribution >= 0.6 is 11.6 Å². The summed E-state index contributed by atoms with van der Waals surface area (Å²) in [5, 5.41) is 3.20. The second-order valence-corrected chi connectivity index (χ2v) is 2.91. The lowest BCUT2D eigenvalue weighted by molar-refractivity contribution is 0.628. The Kier molecular flexibility index (Phi) is 3.35. The van der Waals surface area contributed by atoms with Crippen LogP contribution < -0.4 is 5.32 Å². The van der Waals surface area contributed by atoms with Crippen LogP contribution in [0, 0.1) is 5.82 Å². The maximum absolute atomic E-state index is 12.8. The lowest BCUT2D eigenvalue weighted by Gasteiger charge is -2.06. The highest BCUT2D eigenvalue weighted by atomic mass is 35.5. The maximum Gasteiger partial charge on any atom is 0.143 e. The van der Waals surface area contributed by atoms with Crippen LogP contribution in [0.15, 0.2) is 18.2 Å². The zero-order valence-corrected chi connectivity index (χ0v) is 7.66. The Hall–Kier alpha value is -0.760. The summed E-state index contributed by atoms with van der Waals surface area (Å²) in [7, 11) is 0. The lowest BCUT2D eigenvalue weighted by atomic mass is 10.3. The molecular formula is C9H11ClFN. The van der Waals surface area contributed by atoms with Crippen molar-refractivity contribution in [2.75, 3.05) is 11.9 Å². The fourth-order valence-corrected chi connectivity index (χ4v) is 1.09. The molecule has 1 aromatic rings. The minimum absolute atomic E-state index is 0.172. The van der Waals surface area contributed by atoms with E-state index in [2.05, 4.69) is 5.32 Å². The van der Waals surface area contributed by atoms with E-state index < -0.39 is 0 Å². The third-order valence-corrected chi connectivity index (χ3v) is 1.90. The number of hydrogen-bond acceptors (Lipinski definition) is 1. The number of nitrogens with one attached hydrogen (secondary N) is 1. The zero-order chi connectivity index (χ0) is 8.97. The molecule has 0 heterocycles. The van der Waals surface area contributed by atoms with Crippen molar-refractivity contribution in [3.63, 3.8) is 0 Å². The zero-order valence-electron chi connectivity index (χ0n) is 6.90. The molecule has 0 atom stereocenters. The molecule has 3 heteroatoms. The van der Waals surface area contributed by atoms with Crippen molar-refractivity contribution in [1.82, 2.24) is 0 Å². The van der Waals surface area contributed by atoms with E-state index in [-0.39, 0.29) is 10.8 Å². The molecule has 0 saturated heterocycles. The summed E-state index contributed by atoms with van der Waals surface area (Å²) in [6, 6.07) is 4.75. The molecular weight excluding hydrogens is 177 g/mol. The normalized spacial score (nSPS) is 9.92. The summed E-state index contributed by atoms with van der Waals surface area (Å²) in [5.41, 5.74) is 0.665. The van der Waals surface area contributed by atoms with Gasteiger partial charge in [-0.25, -0.2) is 4.39 Å².